The highest BCUT2D eigenvalue weighted by Gasteiger charge is 2.55. The van der Waals surface area contributed by atoms with Gasteiger partial charge in [0.2, 0.25) is 0 Å². The van der Waals surface area contributed by atoms with E-state index in [4.69, 9.17) is 4.43 Å². The maximum absolute atomic E-state index is 12.7. The number of amides is 3. The van der Waals surface area contributed by atoms with Gasteiger partial charge in [-0.15, -0.1) is 0 Å². The Morgan fingerprint density at radius 2 is 1.67 bits per heavy atom. The molecule has 3 amide bonds. The lowest BCUT2D eigenvalue weighted by atomic mass is 9.91. The topological polar surface area (TPSA) is 49.9 Å². The number of rotatable bonds is 6. The Balaban J connectivity index is 2.33. The predicted molar refractivity (Wildman–Crippen MR) is 97.2 cm³/mol. The van der Waals surface area contributed by atoms with E-state index in [0.717, 1.165) is 23.7 Å². The van der Waals surface area contributed by atoms with E-state index >= 15 is 0 Å². The number of hydrogen-bond acceptors (Lipinski definition) is 3. The number of hydrogen-bond donors (Lipinski definition) is 0. The summed E-state index contributed by atoms with van der Waals surface area (Å²) in [5.41, 5.74) is 0.948. The van der Waals surface area contributed by atoms with Crippen molar-refractivity contribution in [2.45, 2.75) is 51.0 Å². The number of nitrogens with zero attached hydrogens (tertiary/aromatic N) is 2. The molecule has 1 aromatic carbocycles. The van der Waals surface area contributed by atoms with Crippen LogP contribution in [0.25, 0.3) is 0 Å². The van der Waals surface area contributed by atoms with Gasteiger partial charge in [0.05, 0.1) is 0 Å². The summed E-state index contributed by atoms with van der Waals surface area (Å²) in [5.74, 6) is -0.213. The first-order valence-corrected chi connectivity index (χ1v) is 11.2. The fourth-order valence-electron chi connectivity index (χ4n) is 3.25. The summed E-state index contributed by atoms with van der Waals surface area (Å²) in [4.78, 5) is 27.9. The molecule has 0 saturated carbocycles. The highest BCUT2D eigenvalue weighted by atomic mass is 28.4. The molecule has 1 heterocycles. The number of urea groups is 1. The van der Waals surface area contributed by atoms with Crippen LogP contribution in [0.2, 0.25) is 18.1 Å². The molecule has 0 aliphatic carbocycles. The molecule has 2 atom stereocenters. The molecule has 0 aromatic heterocycles. The third-order valence-corrected chi connectivity index (χ3v) is 9.71. The number of likely N-dealkylation sites (tertiary alicyclic amines) is 1. The van der Waals surface area contributed by atoms with Crippen LogP contribution in [0.4, 0.5) is 4.79 Å². The zero-order chi connectivity index (χ0) is 17.9. The summed E-state index contributed by atoms with van der Waals surface area (Å²) in [6.45, 7) is 6.42. The van der Waals surface area contributed by atoms with Crippen LogP contribution in [0, 0.1) is 0 Å². The highest BCUT2D eigenvalue weighted by molar-refractivity contribution is 6.73. The van der Waals surface area contributed by atoms with E-state index in [2.05, 4.69) is 20.8 Å². The van der Waals surface area contributed by atoms with Gasteiger partial charge in [-0.25, -0.2) is 4.79 Å². The molecule has 0 radical (unpaired) electrons. The van der Waals surface area contributed by atoms with Crippen LogP contribution < -0.4 is 0 Å². The molecule has 1 fully saturated rings. The fraction of sp³-hybridized carbons (Fsp3) is 0.556. The molecular formula is C18H28N2O3Si. The number of benzene rings is 1. The van der Waals surface area contributed by atoms with Crippen molar-refractivity contribution in [2.24, 2.45) is 0 Å². The van der Waals surface area contributed by atoms with E-state index in [1.807, 2.05) is 30.3 Å². The molecular weight excluding hydrogens is 320 g/mol. The van der Waals surface area contributed by atoms with E-state index in [1.165, 1.54) is 9.80 Å². The monoisotopic (exact) mass is 348 g/mol. The number of carbonyl (C=O) groups excluding carboxylic acids is 2. The standard InChI is InChI=1S/C18H28N2O3Si/c1-6-24(7-2,8-3)23-16-15(14-12-10-9-11-13-14)20(17(16)21)18(22)19(4)5/h9-13,15-16H,6-8H2,1-5H3. The molecule has 6 heteroatoms. The molecule has 132 valence electrons. The fourth-order valence-corrected chi connectivity index (χ4v) is 6.02. The van der Waals surface area contributed by atoms with Crippen molar-refractivity contribution >= 4 is 20.3 Å². The molecule has 0 spiro atoms. The van der Waals surface area contributed by atoms with Crippen molar-refractivity contribution < 1.29 is 14.0 Å². The van der Waals surface area contributed by atoms with Crippen LogP contribution in [0.5, 0.6) is 0 Å². The maximum Gasteiger partial charge on any atom is 0.326 e. The van der Waals surface area contributed by atoms with Crippen LogP contribution in [0.3, 0.4) is 0 Å². The van der Waals surface area contributed by atoms with Crippen molar-refractivity contribution in [2.75, 3.05) is 14.1 Å². The quantitative estimate of drug-likeness (QED) is 0.582. The van der Waals surface area contributed by atoms with Crippen LogP contribution in [-0.4, -0.2) is 50.3 Å². The van der Waals surface area contributed by atoms with Gasteiger partial charge in [0.15, 0.2) is 14.4 Å². The Hall–Kier alpha value is -1.66. The minimum atomic E-state index is -1.93. The molecule has 2 unspecified atom stereocenters. The Morgan fingerprint density at radius 3 is 2.12 bits per heavy atom. The minimum Gasteiger partial charge on any atom is -0.403 e. The highest BCUT2D eigenvalue weighted by Crippen LogP contribution is 2.40. The van der Waals surface area contributed by atoms with Gasteiger partial charge in [0.25, 0.3) is 5.91 Å². The van der Waals surface area contributed by atoms with Gasteiger partial charge in [-0.05, 0) is 23.7 Å². The summed E-state index contributed by atoms with van der Waals surface area (Å²) < 4.78 is 6.44. The Bertz CT molecular complexity index is 579. The minimum absolute atomic E-state index is 0.213. The summed E-state index contributed by atoms with van der Waals surface area (Å²) in [6, 6.07) is 12.0. The zero-order valence-corrected chi connectivity index (χ0v) is 16.3. The second-order valence-electron chi connectivity index (χ2n) is 6.52. The Morgan fingerprint density at radius 1 is 1.12 bits per heavy atom. The van der Waals surface area contributed by atoms with Gasteiger partial charge in [-0.1, -0.05) is 51.1 Å². The summed E-state index contributed by atoms with van der Waals surface area (Å²) in [5, 5.41) is 0. The molecule has 0 N–H and O–H groups in total. The van der Waals surface area contributed by atoms with Crippen LogP contribution in [0.15, 0.2) is 30.3 Å². The molecule has 24 heavy (non-hydrogen) atoms. The van der Waals surface area contributed by atoms with E-state index in [-0.39, 0.29) is 18.0 Å². The van der Waals surface area contributed by atoms with Crippen molar-refractivity contribution in [3.63, 3.8) is 0 Å². The molecule has 1 aliphatic rings. The second kappa shape index (κ2) is 7.48. The summed E-state index contributed by atoms with van der Waals surface area (Å²) in [6.07, 6.45) is -0.539. The first-order chi connectivity index (χ1) is 11.4. The Labute approximate surface area is 145 Å². The zero-order valence-electron chi connectivity index (χ0n) is 15.3. The van der Waals surface area contributed by atoms with Gasteiger partial charge in [0.1, 0.15) is 6.04 Å². The van der Waals surface area contributed by atoms with Gasteiger partial charge in [-0.2, -0.15) is 0 Å². The Kier molecular flexibility index (Phi) is 5.82. The van der Waals surface area contributed by atoms with E-state index in [1.54, 1.807) is 14.1 Å². The smallest absolute Gasteiger partial charge is 0.326 e. The average Bonchev–Trinajstić information content (AvgIpc) is 2.61. The van der Waals surface area contributed by atoms with Crippen molar-refractivity contribution in [1.29, 1.82) is 0 Å². The first kappa shape index (κ1) is 18.7. The molecule has 1 saturated heterocycles. The van der Waals surface area contributed by atoms with Gasteiger partial charge >= 0.3 is 6.03 Å². The summed E-state index contributed by atoms with van der Waals surface area (Å²) >= 11 is 0. The largest absolute Gasteiger partial charge is 0.403 e. The lowest BCUT2D eigenvalue weighted by Gasteiger charge is -2.49. The number of imide groups is 1. The molecule has 2 rings (SSSR count). The third kappa shape index (κ3) is 3.25. The predicted octanol–water partition coefficient (Wildman–Crippen LogP) is 3.64. The third-order valence-electron chi connectivity index (χ3n) is 5.09. The van der Waals surface area contributed by atoms with E-state index in [0.29, 0.717) is 0 Å². The van der Waals surface area contributed by atoms with Crippen molar-refractivity contribution in [3.8, 4) is 0 Å². The lowest BCUT2D eigenvalue weighted by molar-refractivity contribution is -0.159. The van der Waals surface area contributed by atoms with Gasteiger partial charge in [-0.3, -0.25) is 9.69 Å². The number of β-lactam (4-membered cyclic amide) rings is 1. The van der Waals surface area contributed by atoms with Gasteiger partial charge < -0.3 is 9.33 Å². The summed E-state index contributed by atoms with van der Waals surface area (Å²) in [7, 11) is 1.39. The van der Waals surface area contributed by atoms with Crippen LogP contribution >= 0.6 is 0 Å². The first-order valence-electron chi connectivity index (χ1n) is 8.67. The van der Waals surface area contributed by atoms with Crippen LogP contribution in [0.1, 0.15) is 32.4 Å². The SMILES string of the molecule is CC[Si](CC)(CC)OC1C(=O)N(C(=O)N(C)C)C1c1ccccc1. The average molecular weight is 349 g/mol. The lowest BCUT2D eigenvalue weighted by Crippen LogP contribution is -2.66. The molecule has 1 aromatic rings. The molecule has 0 bridgehead atoms. The maximum atomic E-state index is 12.7. The van der Waals surface area contributed by atoms with E-state index < -0.39 is 14.4 Å². The molecule has 1 aliphatic heterocycles. The van der Waals surface area contributed by atoms with Crippen molar-refractivity contribution in [3.05, 3.63) is 35.9 Å². The normalized spacial score (nSPS) is 20.7. The second-order valence-corrected chi connectivity index (χ2v) is 11.2. The van der Waals surface area contributed by atoms with Crippen molar-refractivity contribution in [1.82, 2.24) is 9.80 Å². The number of carbonyl (C=O) groups is 2. The van der Waals surface area contributed by atoms with E-state index in [9.17, 15) is 9.59 Å². The van der Waals surface area contributed by atoms with Gasteiger partial charge in [0, 0.05) is 14.1 Å². The molecule has 5 nitrogen and oxygen atoms in total. The van der Waals surface area contributed by atoms with Crippen LogP contribution in [-0.2, 0) is 9.22 Å².